The quantitative estimate of drug-likeness (QED) is 0.391. The highest BCUT2D eigenvalue weighted by Gasteiger charge is 1.87. The lowest BCUT2D eigenvalue weighted by Gasteiger charge is -1.97. The molecular weight excluding hydrogens is 136 g/mol. The van der Waals surface area contributed by atoms with E-state index in [0.717, 1.165) is 0 Å². The Morgan fingerprint density at radius 1 is 0.800 bits per heavy atom. The zero-order chi connectivity index (χ0) is 7.66. The maximum atomic E-state index is 3.48. The average molecular weight is 155 g/mol. The first-order valence-electron chi connectivity index (χ1n) is 4.56. The van der Waals surface area contributed by atoms with Crippen LogP contribution in [-0.2, 0) is 0 Å². The lowest BCUT2D eigenvalue weighted by Crippen LogP contribution is -1.78. The van der Waals surface area contributed by atoms with Gasteiger partial charge >= 0.3 is 0 Å². The van der Waals surface area contributed by atoms with Gasteiger partial charge in [-0.1, -0.05) is 57.9 Å². The topological polar surface area (TPSA) is 0 Å². The normalized spacial score (nSPS) is 10.2. The van der Waals surface area contributed by atoms with Gasteiger partial charge in [-0.2, -0.15) is 0 Å². The van der Waals surface area contributed by atoms with Gasteiger partial charge in [0.25, 0.3) is 0 Å². The van der Waals surface area contributed by atoms with Crippen molar-refractivity contribution in [3.05, 3.63) is 0 Å². The molecule has 0 heterocycles. The van der Waals surface area contributed by atoms with Crippen LogP contribution in [0.4, 0.5) is 0 Å². The average Bonchev–Trinajstić information content (AvgIpc) is 1.97. The van der Waals surface area contributed by atoms with Crippen molar-refractivity contribution >= 4 is 10.2 Å². The number of unbranched alkanes of at least 4 members (excludes halogenated alkanes) is 6. The van der Waals surface area contributed by atoms with Gasteiger partial charge in [0.05, 0.1) is 0 Å². The molecule has 0 aliphatic rings. The molecule has 0 amide bonds. The van der Waals surface area contributed by atoms with Crippen LogP contribution in [0.2, 0.25) is 6.04 Å². The molecule has 0 atom stereocenters. The van der Waals surface area contributed by atoms with E-state index in [0.29, 0.717) is 0 Å². The Labute approximate surface area is 68.8 Å². The number of rotatable bonds is 7. The highest BCUT2D eigenvalue weighted by Crippen LogP contribution is 2.07. The molecule has 0 nitrogen and oxygen atoms in total. The van der Waals surface area contributed by atoms with Crippen molar-refractivity contribution in [3.8, 4) is 0 Å². The fourth-order valence-electron chi connectivity index (χ4n) is 1.08. The summed E-state index contributed by atoms with van der Waals surface area (Å²) in [5.41, 5.74) is 0. The molecule has 10 heavy (non-hydrogen) atoms. The molecule has 0 unspecified atom stereocenters. The molecule has 0 rings (SSSR count). The molecular formula is C9H19Si. The van der Waals surface area contributed by atoms with Gasteiger partial charge in [-0.15, -0.1) is 0 Å². The van der Waals surface area contributed by atoms with Gasteiger partial charge in [0.15, 0.2) is 0 Å². The van der Waals surface area contributed by atoms with Crippen LogP contribution in [0.3, 0.4) is 0 Å². The van der Waals surface area contributed by atoms with Crippen LogP contribution in [-0.4, -0.2) is 10.2 Å². The third kappa shape index (κ3) is 8.22. The predicted octanol–water partition coefficient (Wildman–Crippen LogP) is 3.32. The first-order chi connectivity index (χ1) is 4.91. The van der Waals surface area contributed by atoms with Crippen molar-refractivity contribution < 1.29 is 0 Å². The predicted molar refractivity (Wildman–Crippen MR) is 48.6 cm³/mol. The first kappa shape index (κ1) is 10.2. The summed E-state index contributed by atoms with van der Waals surface area (Å²) in [6, 6.07) is 1.17. The largest absolute Gasteiger partial charge is 0.0654 e. The van der Waals surface area contributed by atoms with E-state index in [1.165, 1.54) is 51.0 Å². The van der Waals surface area contributed by atoms with E-state index in [1.54, 1.807) is 0 Å². The molecule has 59 valence electrons. The van der Waals surface area contributed by atoms with Gasteiger partial charge in [0.1, 0.15) is 0 Å². The SMILES string of the molecule is CCCCCCCCC[Si]. The Hall–Kier alpha value is 0.217. The molecule has 0 spiro atoms. The first-order valence-corrected chi connectivity index (χ1v) is 5.27. The molecule has 3 radical (unpaired) electrons. The highest BCUT2D eigenvalue weighted by molar-refractivity contribution is 6.08. The van der Waals surface area contributed by atoms with E-state index in [2.05, 4.69) is 17.2 Å². The van der Waals surface area contributed by atoms with Crippen molar-refractivity contribution in [1.82, 2.24) is 0 Å². The van der Waals surface area contributed by atoms with E-state index in [4.69, 9.17) is 0 Å². The maximum absolute atomic E-state index is 3.48. The van der Waals surface area contributed by atoms with Crippen LogP contribution in [0.15, 0.2) is 0 Å². The second kappa shape index (κ2) is 9.22. The fourth-order valence-corrected chi connectivity index (χ4v) is 1.33. The molecule has 0 aromatic rings. The fraction of sp³-hybridized carbons (Fsp3) is 1.00. The minimum absolute atomic E-state index is 1.17. The Balaban J connectivity index is 2.65. The lowest BCUT2D eigenvalue weighted by atomic mass is 10.1. The van der Waals surface area contributed by atoms with Gasteiger partial charge in [0, 0.05) is 10.2 Å². The third-order valence-electron chi connectivity index (χ3n) is 1.78. The summed E-state index contributed by atoms with van der Waals surface area (Å²) in [6.07, 6.45) is 9.87. The number of hydrogen-bond donors (Lipinski definition) is 0. The van der Waals surface area contributed by atoms with Crippen LogP contribution in [0.25, 0.3) is 0 Å². The molecule has 0 aromatic carbocycles. The Kier molecular flexibility index (Phi) is 9.42. The Morgan fingerprint density at radius 2 is 1.30 bits per heavy atom. The Bertz CT molecular complexity index is 44.7. The zero-order valence-electron chi connectivity index (χ0n) is 7.16. The molecule has 0 aliphatic carbocycles. The van der Waals surface area contributed by atoms with E-state index in [9.17, 15) is 0 Å². The lowest BCUT2D eigenvalue weighted by molar-refractivity contribution is 0.602. The molecule has 0 aliphatic heterocycles. The van der Waals surface area contributed by atoms with Gasteiger partial charge in [-0.25, -0.2) is 0 Å². The van der Waals surface area contributed by atoms with Crippen molar-refractivity contribution in [1.29, 1.82) is 0 Å². The van der Waals surface area contributed by atoms with Gasteiger partial charge in [-0.05, 0) is 0 Å². The summed E-state index contributed by atoms with van der Waals surface area (Å²) in [4.78, 5) is 0. The van der Waals surface area contributed by atoms with Crippen LogP contribution in [0.5, 0.6) is 0 Å². The van der Waals surface area contributed by atoms with Crippen LogP contribution in [0, 0.1) is 0 Å². The molecule has 0 saturated carbocycles. The van der Waals surface area contributed by atoms with E-state index < -0.39 is 0 Å². The summed E-state index contributed by atoms with van der Waals surface area (Å²) in [7, 11) is 3.48. The minimum Gasteiger partial charge on any atom is -0.0654 e. The number of hydrogen-bond acceptors (Lipinski definition) is 0. The monoisotopic (exact) mass is 155 g/mol. The second-order valence-electron chi connectivity index (χ2n) is 2.87. The summed E-state index contributed by atoms with van der Waals surface area (Å²) < 4.78 is 0. The van der Waals surface area contributed by atoms with Gasteiger partial charge in [0.2, 0.25) is 0 Å². The summed E-state index contributed by atoms with van der Waals surface area (Å²) in [6.45, 7) is 2.26. The smallest absolute Gasteiger partial charge is 0.0222 e. The van der Waals surface area contributed by atoms with Crippen molar-refractivity contribution in [2.24, 2.45) is 0 Å². The molecule has 1 heteroatoms. The van der Waals surface area contributed by atoms with E-state index >= 15 is 0 Å². The minimum atomic E-state index is 1.17. The highest BCUT2D eigenvalue weighted by atomic mass is 28.1. The van der Waals surface area contributed by atoms with Gasteiger partial charge in [-0.3, -0.25) is 0 Å². The van der Waals surface area contributed by atoms with Crippen molar-refractivity contribution in [2.45, 2.75) is 57.9 Å². The van der Waals surface area contributed by atoms with Crippen LogP contribution < -0.4 is 0 Å². The summed E-state index contributed by atoms with van der Waals surface area (Å²) in [5.74, 6) is 0. The van der Waals surface area contributed by atoms with Crippen molar-refractivity contribution in [3.63, 3.8) is 0 Å². The van der Waals surface area contributed by atoms with Crippen molar-refractivity contribution in [2.75, 3.05) is 0 Å². The zero-order valence-corrected chi connectivity index (χ0v) is 8.16. The van der Waals surface area contributed by atoms with Crippen LogP contribution >= 0.6 is 0 Å². The molecule has 0 bridgehead atoms. The van der Waals surface area contributed by atoms with E-state index in [1.807, 2.05) is 0 Å². The molecule has 0 fully saturated rings. The standard InChI is InChI=1S/C9H19Si/c1-2-3-4-5-6-7-8-9-10/h2-9H2,1H3. The van der Waals surface area contributed by atoms with Gasteiger partial charge < -0.3 is 0 Å². The maximum Gasteiger partial charge on any atom is 0.0222 e. The molecule has 0 aromatic heterocycles. The Morgan fingerprint density at radius 3 is 1.80 bits per heavy atom. The van der Waals surface area contributed by atoms with E-state index in [-0.39, 0.29) is 0 Å². The molecule has 0 N–H and O–H groups in total. The second-order valence-corrected chi connectivity index (χ2v) is 3.37. The van der Waals surface area contributed by atoms with Crippen LogP contribution in [0.1, 0.15) is 51.9 Å². The summed E-state index contributed by atoms with van der Waals surface area (Å²) in [5, 5.41) is 0. The summed E-state index contributed by atoms with van der Waals surface area (Å²) >= 11 is 0. The third-order valence-corrected chi connectivity index (χ3v) is 2.13. The molecule has 0 saturated heterocycles.